The van der Waals surface area contributed by atoms with Crippen molar-refractivity contribution in [3.05, 3.63) is 160 Å². The normalized spacial score (nSPS) is 12.2. The Labute approximate surface area is 413 Å². The molecule has 8 aromatic rings. The largest absolute Gasteiger partial charge is 0.505 e. The lowest BCUT2D eigenvalue weighted by atomic mass is 10.0. The summed E-state index contributed by atoms with van der Waals surface area (Å²) in [5.74, 6) is -2.48. The summed E-state index contributed by atoms with van der Waals surface area (Å²) in [5.41, 5.74) is 0.669. The first kappa shape index (κ1) is 47.0. The van der Waals surface area contributed by atoms with Gasteiger partial charge in [0.2, 0.25) is 0 Å². The standard InChI is InChI=1S/C52H37Cl2N7O10/c1-68-40-24-42(70-3)38(22-35(40)53)55-49(64)33-20-26-10-5-7-12-30(26)45(47(33)62)59-57-28-16-18-29(19-17-28)61-51(66)32-14-9-15-37(44(32)52(61)67)58-60-46-31-13-8-6-11-27(31)21-34(48(46)63)50(65)56-39-23-36(54)41(69-2)25-43(39)71-4/h5-25,62-63H,1-4H3,(H,55,64)(H,56,65). The Morgan fingerprint density at radius 2 is 1.01 bits per heavy atom. The topological polar surface area (TPSA) is 222 Å². The summed E-state index contributed by atoms with van der Waals surface area (Å²) in [6.45, 7) is 0. The molecule has 71 heavy (non-hydrogen) atoms. The number of fused-ring (bicyclic) bond motifs is 3. The predicted octanol–water partition coefficient (Wildman–Crippen LogP) is 12.9. The van der Waals surface area contributed by atoms with Gasteiger partial charge in [-0.2, -0.15) is 5.11 Å². The van der Waals surface area contributed by atoms with Crippen LogP contribution in [0.3, 0.4) is 0 Å². The van der Waals surface area contributed by atoms with E-state index in [0.717, 1.165) is 4.90 Å². The fourth-order valence-corrected chi connectivity index (χ4v) is 8.43. The number of azo groups is 2. The molecule has 0 aromatic heterocycles. The molecule has 1 aliphatic heterocycles. The number of phenols is 2. The fraction of sp³-hybridized carbons (Fsp3) is 0.0769. The molecule has 0 saturated carbocycles. The highest BCUT2D eigenvalue weighted by Crippen LogP contribution is 2.44. The molecule has 0 atom stereocenters. The third-order valence-corrected chi connectivity index (χ3v) is 12.0. The first-order chi connectivity index (χ1) is 34.3. The second-order valence-electron chi connectivity index (χ2n) is 15.5. The van der Waals surface area contributed by atoms with E-state index in [1.807, 2.05) is 0 Å². The van der Waals surface area contributed by atoms with Gasteiger partial charge < -0.3 is 39.8 Å². The van der Waals surface area contributed by atoms with Gasteiger partial charge in [-0.15, -0.1) is 15.3 Å². The number of imide groups is 1. The van der Waals surface area contributed by atoms with E-state index in [4.69, 9.17) is 42.1 Å². The van der Waals surface area contributed by atoms with Crippen molar-refractivity contribution in [2.45, 2.75) is 0 Å². The molecule has 4 N–H and O–H groups in total. The molecule has 4 amide bonds. The molecule has 0 saturated heterocycles. The van der Waals surface area contributed by atoms with Crippen LogP contribution in [0.4, 0.5) is 39.8 Å². The summed E-state index contributed by atoms with van der Waals surface area (Å²) in [6.07, 6.45) is 0. The van der Waals surface area contributed by atoms with E-state index in [-0.39, 0.29) is 83.6 Å². The maximum atomic E-state index is 14.1. The molecule has 0 unspecified atom stereocenters. The summed E-state index contributed by atoms with van der Waals surface area (Å²) in [6, 6.07) is 33.4. The number of hydrogen-bond acceptors (Lipinski definition) is 14. The fourth-order valence-electron chi connectivity index (χ4n) is 7.94. The number of hydrogen-bond donors (Lipinski definition) is 4. The van der Waals surface area contributed by atoms with Crippen LogP contribution in [0.5, 0.6) is 34.5 Å². The van der Waals surface area contributed by atoms with Crippen LogP contribution in [0.25, 0.3) is 21.5 Å². The number of methoxy groups -OCH3 is 4. The average molecular weight is 991 g/mol. The number of nitrogens with one attached hydrogen (secondary N) is 2. The molecule has 0 aliphatic carbocycles. The minimum Gasteiger partial charge on any atom is -0.505 e. The van der Waals surface area contributed by atoms with E-state index in [1.54, 1.807) is 54.6 Å². The molecule has 8 aromatic carbocycles. The van der Waals surface area contributed by atoms with Gasteiger partial charge in [-0.3, -0.25) is 19.2 Å². The van der Waals surface area contributed by atoms with Gasteiger partial charge in [-0.1, -0.05) is 77.8 Å². The zero-order valence-electron chi connectivity index (χ0n) is 37.8. The minimum atomic E-state index is -0.714. The maximum Gasteiger partial charge on any atom is 0.268 e. The highest BCUT2D eigenvalue weighted by molar-refractivity contribution is 6.36. The monoisotopic (exact) mass is 989 g/mol. The van der Waals surface area contributed by atoms with E-state index < -0.39 is 35.1 Å². The van der Waals surface area contributed by atoms with Crippen molar-refractivity contribution in [1.29, 1.82) is 0 Å². The molecule has 0 spiro atoms. The van der Waals surface area contributed by atoms with Crippen molar-refractivity contribution < 1.29 is 48.3 Å². The first-order valence-electron chi connectivity index (χ1n) is 21.2. The van der Waals surface area contributed by atoms with Gasteiger partial charge in [-0.05, 0) is 71.4 Å². The quantitative estimate of drug-likeness (QED) is 0.0632. The number of benzene rings is 8. The van der Waals surface area contributed by atoms with Crippen LogP contribution < -0.4 is 34.5 Å². The molecule has 17 nitrogen and oxygen atoms in total. The van der Waals surface area contributed by atoms with Crippen molar-refractivity contribution >= 4 is 108 Å². The molecule has 0 fully saturated rings. The lowest BCUT2D eigenvalue weighted by Gasteiger charge is -2.15. The number of ether oxygens (including phenoxy) is 4. The Morgan fingerprint density at radius 1 is 0.535 bits per heavy atom. The van der Waals surface area contributed by atoms with Gasteiger partial charge in [0, 0.05) is 22.9 Å². The number of halogens is 2. The summed E-state index contributed by atoms with van der Waals surface area (Å²) in [5, 5.41) is 48.4. The van der Waals surface area contributed by atoms with Crippen LogP contribution in [0.1, 0.15) is 41.4 Å². The van der Waals surface area contributed by atoms with Gasteiger partial charge >= 0.3 is 0 Å². The molecule has 1 aliphatic rings. The highest BCUT2D eigenvalue weighted by atomic mass is 35.5. The lowest BCUT2D eigenvalue weighted by Crippen LogP contribution is -2.29. The summed E-state index contributed by atoms with van der Waals surface area (Å²) < 4.78 is 21.3. The third-order valence-electron chi connectivity index (χ3n) is 11.4. The van der Waals surface area contributed by atoms with Gasteiger partial charge in [0.05, 0.1) is 89.2 Å². The Balaban J connectivity index is 0.976. The summed E-state index contributed by atoms with van der Waals surface area (Å²) in [7, 11) is 5.72. The van der Waals surface area contributed by atoms with Gasteiger partial charge in [0.25, 0.3) is 23.6 Å². The second-order valence-corrected chi connectivity index (χ2v) is 16.3. The number of nitrogens with zero attached hydrogens (tertiary/aromatic N) is 5. The number of anilines is 3. The molecule has 9 rings (SSSR count). The van der Waals surface area contributed by atoms with Crippen molar-refractivity contribution in [2.24, 2.45) is 20.5 Å². The first-order valence-corrected chi connectivity index (χ1v) is 22.0. The van der Waals surface area contributed by atoms with Gasteiger partial charge in [0.1, 0.15) is 34.4 Å². The third kappa shape index (κ3) is 8.82. The van der Waals surface area contributed by atoms with E-state index in [9.17, 15) is 29.4 Å². The van der Waals surface area contributed by atoms with E-state index in [2.05, 4.69) is 31.1 Å². The van der Waals surface area contributed by atoms with E-state index >= 15 is 0 Å². The molecule has 0 radical (unpaired) electrons. The van der Waals surface area contributed by atoms with Crippen molar-refractivity contribution in [1.82, 2.24) is 0 Å². The van der Waals surface area contributed by atoms with Crippen molar-refractivity contribution in [3.63, 3.8) is 0 Å². The minimum absolute atomic E-state index is 0.00925. The number of carbonyl (C=O) groups is 4. The Kier molecular flexibility index (Phi) is 12.9. The number of phenolic OH excluding ortho intramolecular Hbond substituents is 2. The number of rotatable bonds is 13. The molecular weight excluding hydrogens is 954 g/mol. The van der Waals surface area contributed by atoms with Crippen molar-refractivity contribution in [3.8, 4) is 34.5 Å². The molecule has 0 bridgehead atoms. The van der Waals surface area contributed by atoms with Crippen molar-refractivity contribution in [2.75, 3.05) is 44.0 Å². The van der Waals surface area contributed by atoms with Gasteiger partial charge in [0.15, 0.2) is 11.5 Å². The number of amides is 4. The van der Waals surface area contributed by atoms with Crippen LogP contribution in [0, 0.1) is 0 Å². The molecule has 354 valence electrons. The Morgan fingerprint density at radius 3 is 1.51 bits per heavy atom. The van der Waals surface area contributed by atoms with Gasteiger partial charge in [-0.25, -0.2) is 4.90 Å². The van der Waals surface area contributed by atoms with Crippen LogP contribution >= 0.6 is 23.2 Å². The smallest absolute Gasteiger partial charge is 0.268 e. The lowest BCUT2D eigenvalue weighted by molar-refractivity contribution is 0.0923. The number of aromatic hydroxyl groups is 2. The van der Waals surface area contributed by atoms with Crippen LogP contribution in [0.15, 0.2) is 148 Å². The average Bonchev–Trinajstić information content (AvgIpc) is 3.64. The van der Waals surface area contributed by atoms with Crippen LogP contribution in [-0.4, -0.2) is 62.3 Å². The molecule has 19 heteroatoms. The van der Waals surface area contributed by atoms with Crippen LogP contribution in [-0.2, 0) is 0 Å². The zero-order chi connectivity index (χ0) is 50.1. The Bertz CT molecular complexity index is 3590. The van der Waals surface area contributed by atoms with Crippen LogP contribution in [0.2, 0.25) is 10.0 Å². The highest BCUT2D eigenvalue weighted by Gasteiger charge is 2.39. The maximum absolute atomic E-state index is 14.1. The SMILES string of the molecule is COc1cc(OC)c(NC(=O)c2cc3ccccc3c(N=Nc3ccc(N4C(=O)c5cccc(N=Nc6c(O)c(C(=O)Nc7cc(Cl)c(OC)cc7OC)cc7ccccc67)c5C4=O)cc3)c2O)cc1Cl. The summed E-state index contributed by atoms with van der Waals surface area (Å²) >= 11 is 12.7. The van der Waals surface area contributed by atoms with E-state index in [1.165, 1.54) is 101 Å². The predicted molar refractivity (Wildman–Crippen MR) is 269 cm³/mol. The second kappa shape index (κ2) is 19.5. The zero-order valence-corrected chi connectivity index (χ0v) is 39.3. The van der Waals surface area contributed by atoms with E-state index in [0.29, 0.717) is 33.0 Å². The molecular formula is C52H37Cl2N7O10. The Hall–Kier alpha value is -9.06. The molecule has 1 heterocycles. The number of carbonyl (C=O) groups excluding carboxylic acids is 4. The summed E-state index contributed by atoms with van der Waals surface area (Å²) in [4.78, 5) is 56.4.